The molecule has 0 aromatic carbocycles. The molecule has 6 nitrogen and oxygen atoms in total. The Morgan fingerprint density at radius 1 is 0.960 bits per heavy atom. The maximum absolute atomic E-state index is 5.64. The van der Waals surface area contributed by atoms with Crippen LogP contribution in [0.1, 0.15) is 26.2 Å². The first-order chi connectivity index (χ1) is 11.9. The van der Waals surface area contributed by atoms with Gasteiger partial charge in [0.2, 0.25) is 0 Å². The van der Waals surface area contributed by atoms with Crippen molar-refractivity contribution in [1.29, 1.82) is 0 Å². The second-order valence-corrected chi connectivity index (χ2v) is 10.1. The summed E-state index contributed by atoms with van der Waals surface area (Å²) < 4.78 is 11.3. The summed E-state index contributed by atoms with van der Waals surface area (Å²) >= 11 is 0. The van der Waals surface area contributed by atoms with E-state index in [1.54, 1.807) is 14.2 Å². The van der Waals surface area contributed by atoms with Crippen molar-refractivity contribution in [2.75, 3.05) is 68.6 Å². The van der Waals surface area contributed by atoms with Crippen molar-refractivity contribution >= 4 is 9.28 Å². The van der Waals surface area contributed by atoms with Gasteiger partial charge in [0, 0.05) is 52.8 Å². The standard InChI is InChI=1S/C18H40N4O2Si/c1-8-17(25(23-6)24-7)9-10-18-21(13-11-19(2)3)15-16-22(18)14-12-20(4)5/h15-18,25H,8-14H2,1-7H3. The van der Waals surface area contributed by atoms with Crippen LogP contribution < -0.4 is 0 Å². The molecule has 1 aliphatic heterocycles. The molecule has 0 radical (unpaired) electrons. The van der Waals surface area contributed by atoms with Crippen LogP contribution in [0, 0.1) is 0 Å². The van der Waals surface area contributed by atoms with Gasteiger partial charge in [-0.25, -0.2) is 0 Å². The van der Waals surface area contributed by atoms with Crippen LogP contribution in [0.3, 0.4) is 0 Å². The first-order valence-corrected chi connectivity index (χ1v) is 11.1. The minimum Gasteiger partial charge on any atom is -0.400 e. The Labute approximate surface area is 157 Å². The van der Waals surface area contributed by atoms with Crippen LogP contribution in [0.5, 0.6) is 0 Å². The SMILES string of the molecule is CCC(CCC1N(CCN(C)C)C=CN1CCN(C)C)[SiH](OC)OC. The number of hydrogen-bond acceptors (Lipinski definition) is 6. The molecule has 0 fully saturated rings. The van der Waals surface area contributed by atoms with Crippen LogP contribution in [0.15, 0.2) is 12.4 Å². The third kappa shape index (κ3) is 7.66. The maximum Gasteiger partial charge on any atom is 0.324 e. The average Bonchev–Trinajstić information content (AvgIpc) is 2.96. The summed E-state index contributed by atoms with van der Waals surface area (Å²) in [5, 5.41) is 0. The molecule has 0 N–H and O–H groups in total. The van der Waals surface area contributed by atoms with E-state index in [9.17, 15) is 0 Å². The number of likely N-dealkylation sites (N-methyl/N-ethyl adjacent to an activating group) is 2. The first-order valence-electron chi connectivity index (χ1n) is 9.47. The Morgan fingerprint density at radius 3 is 1.80 bits per heavy atom. The summed E-state index contributed by atoms with van der Waals surface area (Å²) in [5.74, 6) is 0. The van der Waals surface area contributed by atoms with Crippen molar-refractivity contribution in [2.24, 2.45) is 0 Å². The highest BCUT2D eigenvalue weighted by atomic mass is 28.3. The monoisotopic (exact) mass is 372 g/mol. The summed E-state index contributed by atoms with van der Waals surface area (Å²) in [4.78, 5) is 9.50. The Balaban J connectivity index is 2.67. The highest BCUT2D eigenvalue weighted by Gasteiger charge is 2.29. The van der Waals surface area contributed by atoms with E-state index in [1.165, 1.54) is 6.42 Å². The van der Waals surface area contributed by atoms with Gasteiger partial charge in [0.25, 0.3) is 0 Å². The van der Waals surface area contributed by atoms with Crippen molar-refractivity contribution in [2.45, 2.75) is 37.9 Å². The lowest BCUT2D eigenvalue weighted by Crippen LogP contribution is -2.43. The molecule has 0 aromatic rings. The second-order valence-electron chi connectivity index (χ2n) is 7.45. The molecule has 0 aromatic heterocycles. The van der Waals surface area contributed by atoms with E-state index in [1.807, 2.05) is 0 Å². The van der Waals surface area contributed by atoms with Gasteiger partial charge in [-0.15, -0.1) is 0 Å². The largest absolute Gasteiger partial charge is 0.400 e. The smallest absolute Gasteiger partial charge is 0.324 e. The fraction of sp³-hybridized carbons (Fsp3) is 0.889. The van der Waals surface area contributed by atoms with Crippen LogP contribution in [0.2, 0.25) is 5.54 Å². The van der Waals surface area contributed by atoms with Gasteiger partial charge in [0.1, 0.15) is 6.17 Å². The van der Waals surface area contributed by atoms with E-state index in [0.717, 1.165) is 39.0 Å². The number of nitrogens with zero attached hydrogens (tertiary/aromatic N) is 4. The van der Waals surface area contributed by atoms with Gasteiger partial charge >= 0.3 is 9.28 Å². The van der Waals surface area contributed by atoms with Crippen LogP contribution in [-0.2, 0) is 8.85 Å². The number of rotatable bonds is 13. The fourth-order valence-corrected chi connectivity index (χ4v) is 5.16. The highest BCUT2D eigenvalue weighted by Crippen LogP contribution is 2.28. The van der Waals surface area contributed by atoms with Crippen molar-refractivity contribution in [3.05, 3.63) is 12.4 Å². The summed E-state index contributed by atoms with van der Waals surface area (Å²) in [6, 6.07) is 0. The first kappa shape index (κ1) is 22.4. The quantitative estimate of drug-likeness (QED) is 0.457. The zero-order valence-corrected chi connectivity index (χ0v) is 18.6. The molecule has 7 heteroatoms. The van der Waals surface area contributed by atoms with Gasteiger partial charge in [-0.2, -0.15) is 0 Å². The molecule has 25 heavy (non-hydrogen) atoms. The van der Waals surface area contributed by atoms with Gasteiger partial charge in [0.15, 0.2) is 0 Å². The molecule has 1 rings (SSSR count). The Morgan fingerprint density at radius 2 is 1.44 bits per heavy atom. The molecule has 1 aliphatic rings. The van der Waals surface area contributed by atoms with Crippen molar-refractivity contribution in [1.82, 2.24) is 19.6 Å². The van der Waals surface area contributed by atoms with Crippen molar-refractivity contribution in [3.8, 4) is 0 Å². The predicted octanol–water partition coefficient (Wildman–Crippen LogP) is 1.60. The normalized spacial score (nSPS) is 16.9. The summed E-state index contributed by atoms with van der Waals surface area (Å²) in [6.07, 6.45) is 8.45. The molecule has 0 bridgehead atoms. The van der Waals surface area contributed by atoms with E-state index in [0.29, 0.717) is 11.7 Å². The zero-order valence-electron chi connectivity index (χ0n) is 17.4. The van der Waals surface area contributed by atoms with Crippen molar-refractivity contribution < 1.29 is 8.85 Å². The molecule has 0 spiro atoms. The molecule has 0 aliphatic carbocycles. The molecular formula is C18H40N4O2Si. The van der Waals surface area contributed by atoms with Gasteiger partial charge in [-0.1, -0.05) is 13.3 Å². The second kappa shape index (κ2) is 11.9. The van der Waals surface area contributed by atoms with Crippen molar-refractivity contribution in [3.63, 3.8) is 0 Å². The summed E-state index contributed by atoms with van der Waals surface area (Å²) in [5.41, 5.74) is 0.571. The summed E-state index contributed by atoms with van der Waals surface area (Å²) in [7, 11) is 10.6. The predicted molar refractivity (Wildman–Crippen MR) is 108 cm³/mol. The fourth-order valence-electron chi connectivity index (χ4n) is 3.35. The van der Waals surface area contributed by atoms with Gasteiger partial charge in [-0.05, 0) is 46.6 Å². The van der Waals surface area contributed by atoms with E-state index in [4.69, 9.17) is 8.85 Å². The third-order valence-corrected chi connectivity index (χ3v) is 7.50. The maximum atomic E-state index is 5.64. The molecule has 1 heterocycles. The Hall–Kier alpha value is -0.603. The lowest BCUT2D eigenvalue weighted by atomic mass is 10.1. The van der Waals surface area contributed by atoms with Crippen LogP contribution >= 0.6 is 0 Å². The van der Waals surface area contributed by atoms with E-state index in [2.05, 4.69) is 67.1 Å². The van der Waals surface area contributed by atoms with E-state index in [-0.39, 0.29) is 0 Å². The Kier molecular flexibility index (Phi) is 10.7. The zero-order chi connectivity index (χ0) is 18.8. The minimum absolute atomic E-state index is 0.456. The lowest BCUT2D eigenvalue weighted by molar-refractivity contribution is 0.124. The summed E-state index contributed by atoms with van der Waals surface area (Å²) in [6.45, 7) is 6.54. The van der Waals surface area contributed by atoms with Gasteiger partial charge in [0.05, 0.1) is 0 Å². The van der Waals surface area contributed by atoms with Crippen LogP contribution in [0.4, 0.5) is 0 Å². The lowest BCUT2D eigenvalue weighted by Gasteiger charge is -2.35. The number of hydrogen-bond donors (Lipinski definition) is 0. The molecule has 1 unspecified atom stereocenters. The molecule has 0 amide bonds. The topological polar surface area (TPSA) is 31.4 Å². The van der Waals surface area contributed by atoms with Crippen LogP contribution in [0.25, 0.3) is 0 Å². The Bertz CT molecular complexity index is 356. The van der Waals surface area contributed by atoms with Crippen LogP contribution in [-0.4, -0.2) is 104 Å². The third-order valence-electron chi connectivity index (χ3n) is 5.00. The van der Waals surface area contributed by atoms with Gasteiger partial charge < -0.3 is 28.5 Å². The average molecular weight is 373 g/mol. The molecule has 1 atom stereocenters. The molecule has 0 saturated heterocycles. The van der Waals surface area contributed by atoms with E-state index >= 15 is 0 Å². The van der Waals surface area contributed by atoms with Gasteiger partial charge in [-0.3, -0.25) is 0 Å². The highest BCUT2D eigenvalue weighted by molar-refractivity contribution is 6.46. The molecule has 148 valence electrons. The van der Waals surface area contributed by atoms with E-state index < -0.39 is 9.28 Å². The molecule has 0 saturated carbocycles. The molecular weight excluding hydrogens is 332 g/mol. The minimum atomic E-state index is -1.55.